The number of benzene rings is 1. The number of carboxylic acids is 1. The van der Waals surface area contributed by atoms with Gasteiger partial charge in [0.15, 0.2) is 5.82 Å². The van der Waals surface area contributed by atoms with Gasteiger partial charge in [0.1, 0.15) is 6.23 Å². The van der Waals surface area contributed by atoms with Crippen LogP contribution in [0.1, 0.15) is 112 Å². The average molecular weight is 685 g/mol. The Hall–Kier alpha value is -3.40. The van der Waals surface area contributed by atoms with Crippen molar-refractivity contribution < 1.29 is 19.8 Å². The first-order chi connectivity index (χ1) is 23.7. The standard InChI is InChI=1S/C40H52N4O4S/c1-4-5-26-6-10-28(11-7-26)29-14-16-30(17-15-29)32-21-41-37(42-22-32)31-12-8-27(9-13-31)20-34(39(46)44-23-33(24-44)40(47)48)43-38(45)36-19-18-35(49-36)25(2)3/h8-9,12-13,16,18-19,21-22,25-26,28-29,33-34,38,43,45H,4-7,10-11,14-15,17,20,23-24H2,1-3H3,(H,47,48). The monoisotopic (exact) mass is 684 g/mol. The van der Waals surface area contributed by atoms with Gasteiger partial charge in [0, 0.05) is 46.4 Å². The van der Waals surface area contributed by atoms with Gasteiger partial charge in [0.05, 0.1) is 12.0 Å². The summed E-state index contributed by atoms with van der Waals surface area (Å²) in [5, 5.41) is 23.5. The van der Waals surface area contributed by atoms with Gasteiger partial charge in [-0.1, -0.05) is 76.8 Å². The van der Waals surface area contributed by atoms with E-state index in [0.29, 0.717) is 18.2 Å². The maximum atomic E-state index is 13.5. The predicted octanol–water partition coefficient (Wildman–Crippen LogP) is 7.85. The fourth-order valence-electron chi connectivity index (χ4n) is 7.92. The molecule has 3 N–H and O–H groups in total. The summed E-state index contributed by atoms with van der Waals surface area (Å²) in [5.41, 5.74) is 4.29. The lowest BCUT2D eigenvalue weighted by molar-refractivity contribution is -0.154. The normalized spacial score (nSPS) is 22.8. The van der Waals surface area contributed by atoms with Crippen LogP contribution in [-0.4, -0.2) is 56.1 Å². The van der Waals surface area contributed by atoms with E-state index >= 15 is 0 Å². The number of carbonyl (C=O) groups is 2. The van der Waals surface area contributed by atoms with E-state index in [1.54, 1.807) is 4.90 Å². The number of allylic oxidation sites excluding steroid dienone is 2. The Bertz CT molecular complexity index is 1590. The van der Waals surface area contributed by atoms with E-state index in [0.717, 1.165) is 50.6 Å². The predicted molar refractivity (Wildman–Crippen MR) is 195 cm³/mol. The maximum Gasteiger partial charge on any atom is 0.310 e. The molecular formula is C40H52N4O4S. The molecule has 1 amide bonds. The van der Waals surface area contributed by atoms with Crippen LogP contribution in [-0.2, 0) is 16.0 Å². The molecule has 2 aliphatic carbocycles. The smallest absolute Gasteiger partial charge is 0.310 e. The van der Waals surface area contributed by atoms with Crippen molar-refractivity contribution in [2.45, 2.75) is 103 Å². The number of hydrogen-bond donors (Lipinski definition) is 3. The van der Waals surface area contributed by atoms with Gasteiger partial charge < -0.3 is 15.1 Å². The van der Waals surface area contributed by atoms with Crippen LogP contribution in [0.15, 0.2) is 54.9 Å². The third-order valence-electron chi connectivity index (χ3n) is 11.1. The van der Waals surface area contributed by atoms with E-state index in [9.17, 15) is 19.8 Å². The largest absolute Gasteiger partial charge is 0.481 e. The fourth-order valence-corrected chi connectivity index (χ4v) is 8.88. The molecule has 2 fully saturated rings. The summed E-state index contributed by atoms with van der Waals surface area (Å²) in [4.78, 5) is 37.8. The van der Waals surface area contributed by atoms with E-state index in [-0.39, 0.29) is 19.0 Å². The van der Waals surface area contributed by atoms with Crippen LogP contribution >= 0.6 is 11.3 Å². The molecule has 3 heterocycles. The number of aliphatic hydroxyl groups is 1. The lowest BCUT2D eigenvalue weighted by Gasteiger charge is -2.39. The van der Waals surface area contributed by atoms with Crippen LogP contribution in [0.2, 0.25) is 0 Å². The zero-order chi connectivity index (χ0) is 34.5. The first-order valence-corrected chi connectivity index (χ1v) is 19.2. The number of rotatable bonds is 13. The second-order valence-electron chi connectivity index (χ2n) is 14.8. The van der Waals surface area contributed by atoms with E-state index in [4.69, 9.17) is 9.97 Å². The lowest BCUT2D eigenvalue weighted by Crippen LogP contribution is -2.58. The van der Waals surface area contributed by atoms with Crippen LogP contribution in [0, 0.1) is 23.7 Å². The van der Waals surface area contributed by atoms with Gasteiger partial charge in [-0.05, 0) is 85.5 Å². The molecule has 2 aromatic heterocycles. The minimum absolute atomic E-state index is 0.183. The summed E-state index contributed by atoms with van der Waals surface area (Å²) in [6, 6.07) is 11.1. The Morgan fingerprint density at radius 2 is 1.63 bits per heavy atom. The van der Waals surface area contributed by atoms with Crippen LogP contribution in [0.5, 0.6) is 0 Å². The Morgan fingerprint density at radius 1 is 0.939 bits per heavy atom. The number of carbonyl (C=O) groups excluding carboxylic acids is 1. The van der Waals surface area contributed by atoms with E-state index < -0.39 is 24.2 Å². The van der Waals surface area contributed by atoms with Crippen molar-refractivity contribution in [1.29, 1.82) is 0 Å². The number of thiophene rings is 1. The van der Waals surface area contributed by atoms with Crippen LogP contribution in [0.4, 0.5) is 0 Å². The molecule has 0 bridgehead atoms. The van der Waals surface area contributed by atoms with E-state index in [1.807, 2.05) is 48.8 Å². The SMILES string of the molecule is CCCC1CCC(C2CC=C(c3cnc(-c4ccc(CC(NC(O)c5ccc(C(C)C)s5)C(=O)N5CC(C(=O)O)C5)cc4)nc3)CC2)CC1. The molecule has 1 saturated carbocycles. The maximum absolute atomic E-state index is 13.5. The number of amides is 1. The summed E-state index contributed by atoms with van der Waals surface area (Å²) in [6.45, 7) is 6.89. The van der Waals surface area contributed by atoms with Crippen molar-refractivity contribution in [1.82, 2.24) is 20.2 Å². The molecule has 3 unspecified atom stereocenters. The van der Waals surface area contributed by atoms with Gasteiger partial charge in [-0.3, -0.25) is 14.9 Å². The molecule has 0 spiro atoms. The van der Waals surface area contributed by atoms with Gasteiger partial charge in [-0.15, -0.1) is 11.3 Å². The van der Waals surface area contributed by atoms with Gasteiger partial charge >= 0.3 is 5.97 Å². The average Bonchev–Trinajstić information content (AvgIpc) is 3.60. The van der Waals surface area contributed by atoms with Crippen molar-refractivity contribution in [3.63, 3.8) is 0 Å². The second-order valence-corrected chi connectivity index (χ2v) is 16.0. The molecule has 1 aromatic carbocycles. The number of hydrogen-bond acceptors (Lipinski definition) is 7. The van der Waals surface area contributed by atoms with Gasteiger partial charge in [0.2, 0.25) is 5.91 Å². The molecule has 9 heteroatoms. The summed E-state index contributed by atoms with van der Waals surface area (Å²) in [7, 11) is 0. The summed E-state index contributed by atoms with van der Waals surface area (Å²) in [5.74, 6) is 2.03. The van der Waals surface area contributed by atoms with Crippen molar-refractivity contribution in [3.05, 3.63) is 75.7 Å². The summed E-state index contributed by atoms with van der Waals surface area (Å²) in [6.07, 6.45) is 17.6. The highest BCUT2D eigenvalue weighted by Crippen LogP contribution is 2.42. The van der Waals surface area contributed by atoms with Gasteiger partial charge in [-0.25, -0.2) is 9.97 Å². The van der Waals surface area contributed by atoms with E-state index in [2.05, 4.69) is 32.2 Å². The molecule has 3 atom stereocenters. The van der Waals surface area contributed by atoms with Gasteiger partial charge in [0.25, 0.3) is 0 Å². The minimum atomic E-state index is -1.01. The van der Waals surface area contributed by atoms with Crippen LogP contribution in [0.25, 0.3) is 17.0 Å². The fraction of sp³-hybridized carbons (Fsp3) is 0.550. The Labute approximate surface area is 295 Å². The van der Waals surface area contributed by atoms with Crippen molar-refractivity contribution >= 4 is 28.8 Å². The quantitative estimate of drug-likeness (QED) is 0.157. The van der Waals surface area contributed by atoms with Crippen molar-refractivity contribution in [2.75, 3.05) is 13.1 Å². The van der Waals surface area contributed by atoms with E-state index in [1.165, 1.54) is 68.3 Å². The molecule has 8 nitrogen and oxygen atoms in total. The Kier molecular flexibility index (Phi) is 11.6. The summed E-state index contributed by atoms with van der Waals surface area (Å²) < 4.78 is 0. The first-order valence-electron chi connectivity index (χ1n) is 18.3. The second kappa shape index (κ2) is 16.1. The topological polar surface area (TPSA) is 116 Å². The highest BCUT2D eigenvalue weighted by Gasteiger charge is 2.39. The molecule has 3 aromatic rings. The lowest BCUT2D eigenvalue weighted by atomic mass is 9.70. The molecule has 3 aliphatic rings. The molecule has 1 saturated heterocycles. The number of aliphatic carboxylic acids is 1. The third-order valence-corrected chi connectivity index (χ3v) is 12.5. The van der Waals surface area contributed by atoms with Crippen molar-refractivity contribution in [3.8, 4) is 11.4 Å². The summed E-state index contributed by atoms with van der Waals surface area (Å²) >= 11 is 1.53. The number of carboxylic acid groups (broad SMARTS) is 1. The van der Waals surface area contributed by atoms with Crippen LogP contribution < -0.4 is 5.32 Å². The molecule has 262 valence electrons. The number of aromatic nitrogens is 2. The molecule has 49 heavy (non-hydrogen) atoms. The third kappa shape index (κ3) is 8.67. The molecule has 6 rings (SSSR count). The van der Waals surface area contributed by atoms with Crippen molar-refractivity contribution in [2.24, 2.45) is 23.7 Å². The molecular weight excluding hydrogens is 633 g/mol. The highest BCUT2D eigenvalue weighted by molar-refractivity contribution is 7.12. The van der Waals surface area contributed by atoms with Gasteiger partial charge in [-0.2, -0.15) is 0 Å². The Balaban J connectivity index is 1.07. The zero-order valence-electron chi connectivity index (χ0n) is 29.2. The molecule has 0 radical (unpaired) electrons. The Morgan fingerprint density at radius 3 is 2.22 bits per heavy atom. The highest BCUT2D eigenvalue weighted by atomic mass is 32.1. The minimum Gasteiger partial charge on any atom is -0.481 e. The number of likely N-dealkylation sites (tertiary alicyclic amines) is 1. The number of aliphatic hydroxyl groups excluding tert-OH is 1. The zero-order valence-corrected chi connectivity index (χ0v) is 30.0. The number of nitrogens with zero attached hydrogens (tertiary/aromatic N) is 3. The first kappa shape index (κ1) is 35.4. The van der Waals surface area contributed by atoms with Crippen LogP contribution in [0.3, 0.4) is 0 Å². The molecule has 1 aliphatic heterocycles. The number of nitrogens with one attached hydrogen (secondary N) is 1.